The van der Waals surface area contributed by atoms with E-state index in [1.165, 1.54) is 18.2 Å². The normalized spacial score (nSPS) is 16.9. The first-order chi connectivity index (χ1) is 27.5. The van der Waals surface area contributed by atoms with E-state index in [9.17, 15) is 14.7 Å². The maximum absolute atomic E-state index is 13.5. The molecule has 4 aromatic carbocycles. The summed E-state index contributed by atoms with van der Waals surface area (Å²) in [4.78, 5) is 46.4. The average molecular weight is 772 g/mol. The van der Waals surface area contributed by atoms with Crippen LogP contribution in [0.3, 0.4) is 0 Å². The van der Waals surface area contributed by atoms with E-state index in [1.54, 1.807) is 49.9 Å². The van der Waals surface area contributed by atoms with E-state index in [0.717, 1.165) is 22.3 Å². The Bertz CT molecular complexity index is 2360. The Morgan fingerprint density at radius 2 is 1.53 bits per heavy atom. The molecule has 3 atom stereocenters. The summed E-state index contributed by atoms with van der Waals surface area (Å²) < 4.78 is 26.3. The number of aliphatic imine (C=N–C) groups is 1. The molecule has 57 heavy (non-hydrogen) atoms. The minimum atomic E-state index is -1.17. The van der Waals surface area contributed by atoms with Crippen molar-refractivity contribution in [1.29, 1.82) is 0 Å². The van der Waals surface area contributed by atoms with Crippen molar-refractivity contribution in [1.82, 2.24) is 24.4 Å². The second-order valence-electron chi connectivity index (χ2n) is 14.0. The van der Waals surface area contributed by atoms with E-state index >= 15 is 0 Å². The Kier molecular flexibility index (Phi) is 11.2. The molecule has 14 nitrogen and oxygen atoms in total. The third-order valence-electron chi connectivity index (χ3n) is 9.87. The summed E-state index contributed by atoms with van der Waals surface area (Å²) in [5.74, 6) is 1.14. The number of hydrogen-bond acceptors (Lipinski definition) is 10. The van der Waals surface area contributed by atoms with Crippen molar-refractivity contribution in [3.8, 4) is 11.5 Å². The predicted octanol–water partition coefficient (Wildman–Crippen LogP) is 6.01. The number of nitrogens with one attached hydrogen (secondary N) is 1. The highest BCUT2D eigenvalue weighted by Crippen LogP contribution is 2.43. The fourth-order valence-electron chi connectivity index (χ4n) is 7.05. The van der Waals surface area contributed by atoms with Gasteiger partial charge in [-0.3, -0.25) is 24.0 Å². The lowest BCUT2D eigenvalue weighted by Crippen LogP contribution is -2.38. The van der Waals surface area contributed by atoms with Gasteiger partial charge in [-0.15, -0.1) is 0 Å². The smallest absolute Gasteiger partial charge is 0.280 e. The molecule has 0 aliphatic carbocycles. The van der Waals surface area contributed by atoms with Crippen molar-refractivity contribution in [2.45, 2.75) is 44.3 Å². The lowest BCUT2D eigenvalue weighted by Gasteiger charge is -2.37. The largest absolute Gasteiger partial charge is 0.497 e. The minimum absolute atomic E-state index is 0.0212. The molecule has 0 unspecified atom stereocenters. The predicted molar refractivity (Wildman–Crippen MR) is 217 cm³/mol. The Morgan fingerprint density at radius 3 is 2.09 bits per heavy atom. The number of H-pyrrole nitrogens is 1. The summed E-state index contributed by atoms with van der Waals surface area (Å²) in [5.41, 5.74) is 2.39. The number of aryl methyl sites for hydroxylation is 1. The zero-order chi connectivity index (χ0) is 40.3. The first kappa shape index (κ1) is 38.9. The molecule has 7 rings (SSSR count). The first-order valence-corrected chi connectivity index (χ1v) is 18.4. The zero-order valence-corrected chi connectivity index (χ0v) is 32.6. The number of hydrogen-bond donors (Lipinski definition) is 2. The standard InChI is InChI=1S/C43H45N7O7/c1-27-12-18-32(19-13-27)49(28(2)51)42-45-38-39(46-41(47-40(38)53)44-26-48(3)4)50(42)37-24-35(52)36(57-37)25-56-43(29-10-8-7-9-11-29,30-14-20-33(54-5)21-15-30)31-16-22-34(55-6)23-17-31/h7-23,26,35-37,52H,24-25H2,1-6H3,(H,46,47,53)/b44-26+/t35-,36+,37+/m0/s1. The molecular formula is C43H45N7O7. The molecule has 14 heteroatoms. The number of amides is 1. The molecule has 6 aromatic rings. The topological polar surface area (TPSA) is 157 Å². The Hall–Kier alpha value is -6.35. The number of fused-ring (bicyclic) bond motifs is 1. The highest BCUT2D eigenvalue weighted by atomic mass is 16.6. The van der Waals surface area contributed by atoms with E-state index in [1.807, 2.05) is 97.9 Å². The third kappa shape index (κ3) is 7.74. The van der Waals surface area contributed by atoms with Crippen LogP contribution in [0, 0.1) is 6.92 Å². The second-order valence-corrected chi connectivity index (χ2v) is 14.0. The van der Waals surface area contributed by atoms with Gasteiger partial charge in [0.05, 0.1) is 39.0 Å². The van der Waals surface area contributed by atoms with Crippen LogP contribution in [0.25, 0.3) is 11.2 Å². The number of methoxy groups -OCH3 is 2. The van der Waals surface area contributed by atoms with Crippen molar-refractivity contribution in [3.63, 3.8) is 0 Å². The van der Waals surface area contributed by atoms with Crippen LogP contribution in [-0.4, -0.2) is 88.9 Å². The van der Waals surface area contributed by atoms with Crippen molar-refractivity contribution >= 4 is 41.0 Å². The van der Waals surface area contributed by atoms with Gasteiger partial charge in [-0.2, -0.15) is 4.98 Å². The number of aliphatic hydroxyl groups excluding tert-OH is 1. The van der Waals surface area contributed by atoms with Crippen molar-refractivity contribution in [3.05, 3.63) is 136 Å². The number of benzene rings is 4. The number of carbonyl (C=O) groups is 1. The summed E-state index contributed by atoms with van der Waals surface area (Å²) in [6, 6.07) is 32.5. The molecular weight excluding hydrogens is 727 g/mol. The second kappa shape index (κ2) is 16.4. The number of aliphatic hydroxyl groups is 1. The van der Waals surface area contributed by atoms with Gasteiger partial charge >= 0.3 is 0 Å². The number of imidazole rings is 1. The van der Waals surface area contributed by atoms with E-state index in [-0.39, 0.29) is 42.0 Å². The zero-order valence-electron chi connectivity index (χ0n) is 32.6. The third-order valence-corrected chi connectivity index (χ3v) is 9.87. The summed E-state index contributed by atoms with van der Waals surface area (Å²) in [6.45, 7) is 3.30. The molecule has 1 amide bonds. The fraction of sp³-hybridized carbons (Fsp3) is 0.279. The molecule has 0 spiro atoms. The summed E-state index contributed by atoms with van der Waals surface area (Å²) in [6.07, 6.45) is -1.24. The highest BCUT2D eigenvalue weighted by molar-refractivity contribution is 5.98. The van der Waals surface area contributed by atoms with Crippen LogP contribution in [0.15, 0.2) is 113 Å². The number of ether oxygens (including phenoxy) is 4. The van der Waals surface area contributed by atoms with Crippen LogP contribution >= 0.6 is 0 Å². The minimum Gasteiger partial charge on any atom is -0.497 e. The van der Waals surface area contributed by atoms with E-state index in [4.69, 9.17) is 18.9 Å². The number of aromatic nitrogens is 4. The van der Waals surface area contributed by atoms with Gasteiger partial charge in [-0.05, 0) is 60.0 Å². The highest BCUT2D eigenvalue weighted by Gasteiger charge is 2.43. The molecule has 1 fully saturated rings. The van der Waals surface area contributed by atoms with Crippen LogP contribution in [0.5, 0.6) is 11.5 Å². The Labute approximate surface area is 330 Å². The molecule has 1 saturated heterocycles. The van der Waals surface area contributed by atoms with E-state index in [0.29, 0.717) is 17.2 Å². The molecule has 0 saturated carbocycles. The van der Waals surface area contributed by atoms with Crippen molar-refractivity contribution < 1.29 is 28.8 Å². The van der Waals surface area contributed by atoms with Crippen LogP contribution in [0.1, 0.15) is 41.8 Å². The van der Waals surface area contributed by atoms with Gasteiger partial charge in [0.25, 0.3) is 5.56 Å². The number of carbonyl (C=O) groups excluding carboxylic acids is 1. The van der Waals surface area contributed by atoms with Gasteiger partial charge in [0, 0.05) is 27.4 Å². The molecule has 2 N–H and O–H groups in total. The summed E-state index contributed by atoms with van der Waals surface area (Å²) in [7, 11) is 6.81. The summed E-state index contributed by atoms with van der Waals surface area (Å²) in [5, 5.41) is 11.7. The lowest BCUT2D eigenvalue weighted by atomic mass is 9.80. The number of rotatable bonds is 13. The van der Waals surface area contributed by atoms with Crippen LogP contribution < -0.4 is 19.9 Å². The van der Waals surface area contributed by atoms with E-state index < -0.39 is 29.6 Å². The van der Waals surface area contributed by atoms with Crippen molar-refractivity contribution in [2.24, 2.45) is 4.99 Å². The molecule has 0 bridgehead atoms. The van der Waals surface area contributed by atoms with Crippen LogP contribution in [0.4, 0.5) is 17.6 Å². The van der Waals surface area contributed by atoms with Crippen LogP contribution in [-0.2, 0) is 19.9 Å². The fourth-order valence-corrected chi connectivity index (χ4v) is 7.05. The Balaban J connectivity index is 1.32. The van der Waals surface area contributed by atoms with Gasteiger partial charge in [0.2, 0.25) is 17.8 Å². The maximum Gasteiger partial charge on any atom is 0.280 e. The van der Waals surface area contributed by atoms with Crippen molar-refractivity contribution in [2.75, 3.05) is 39.8 Å². The molecule has 2 aromatic heterocycles. The average Bonchev–Trinajstić information content (AvgIpc) is 3.78. The lowest BCUT2D eigenvalue weighted by molar-refractivity contribution is -0.116. The van der Waals surface area contributed by atoms with Gasteiger partial charge in [-0.25, -0.2) is 9.98 Å². The van der Waals surface area contributed by atoms with Gasteiger partial charge in [-0.1, -0.05) is 72.3 Å². The molecule has 1 aliphatic rings. The van der Waals surface area contributed by atoms with Gasteiger partial charge in [0.1, 0.15) is 29.4 Å². The molecule has 3 heterocycles. The van der Waals surface area contributed by atoms with Gasteiger partial charge in [0.15, 0.2) is 11.2 Å². The monoisotopic (exact) mass is 771 g/mol. The van der Waals surface area contributed by atoms with Gasteiger partial charge < -0.3 is 29.0 Å². The molecule has 1 aliphatic heterocycles. The number of aromatic amines is 1. The quantitative estimate of drug-likeness (QED) is 0.0810. The first-order valence-electron chi connectivity index (χ1n) is 18.4. The molecule has 0 radical (unpaired) electrons. The Morgan fingerprint density at radius 1 is 0.930 bits per heavy atom. The number of nitrogens with zero attached hydrogens (tertiary/aromatic N) is 6. The van der Waals surface area contributed by atoms with E-state index in [2.05, 4.69) is 19.9 Å². The SMILES string of the molecule is COc1ccc(C(OC[C@H]2O[C@@H](n3c(N(C(C)=O)c4ccc(C)cc4)nc4c(=O)[nH]c(/N=C/N(C)C)nc43)C[C@@H]2O)(c2ccccc2)c2ccc(OC)cc2)cc1. The van der Waals surface area contributed by atoms with Crippen LogP contribution in [0.2, 0.25) is 0 Å². The maximum atomic E-state index is 13.5. The summed E-state index contributed by atoms with van der Waals surface area (Å²) >= 11 is 0. The number of anilines is 2. The molecule has 294 valence electrons.